The quantitative estimate of drug-likeness (QED) is 0.657. The number of aromatic nitrogens is 1. The third-order valence-electron chi connectivity index (χ3n) is 3.57. The normalized spacial score (nSPS) is 23.3. The molecular formula is C12H18N4O2. The predicted molar refractivity (Wildman–Crippen MR) is 70.6 cm³/mol. The number of hydrogen-bond acceptors (Lipinski definition) is 5. The summed E-state index contributed by atoms with van der Waals surface area (Å²) < 4.78 is 0. The van der Waals surface area contributed by atoms with Crippen LogP contribution in [0.1, 0.15) is 33.1 Å². The van der Waals surface area contributed by atoms with Gasteiger partial charge in [-0.25, -0.2) is 4.98 Å². The van der Waals surface area contributed by atoms with Gasteiger partial charge in [0.25, 0.3) is 0 Å². The zero-order chi connectivity index (χ0) is 13.3. The molecule has 1 fully saturated rings. The van der Waals surface area contributed by atoms with Crippen molar-refractivity contribution in [3.63, 3.8) is 0 Å². The lowest BCUT2D eigenvalue weighted by Gasteiger charge is -2.28. The van der Waals surface area contributed by atoms with Gasteiger partial charge in [0.15, 0.2) is 0 Å². The fraction of sp³-hybridized carbons (Fsp3) is 0.583. The molecule has 98 valence electrons. The van der Waals surface area contributed by atoms with E-state index in [0.29, 0.717) is 17.7 Å². The van der Waals surface area contributed by atoms with E-state index >= 15 is 0 Å². The third-order valence-corrected chi connectivity index (χ3v) is 3.57. The number of nitrogens with zero attached hydrogens (tertiary/aromatic N) is 3. The first-order valence-corrected chi connectivity index (χ1v) is 6.23. The summed E-state index contributed by atoms with van der Waals surface area (Å²) in [4.78, 5) is 16.9. The second kappa shape index (κ2) is 4.80. The molecule has 18 heavy (non-hydrogen) atoms. The Hall–Kier alpha value is -1.85. The minimum absolute atomic E-state index is 0.0383. The first-order chi connectivity index (χ1) is 8.54. The van der Waals surface area contributed by atoms with Gasteiger partial charge >= 0.3 is 5.69 Å². The molecule has 2 N–H and O–H groups in total. The van der Waals surface area contributed by atoms with Gasteiger partial charge in [-0.05, 0) is 32.3 Å². The van der Waals surface area contributed by atoms with Gasteiger partial charge in [0, 0.05) is 18.2 Å². The number of nitro groups is 1. The van der Waals surface area contributed by atoms with Gasteiger partial charge in [0.1, 0.15) is 5.82 Å². The maximum atomic E-state index is 11.1. The van der Waals surface area contributed by atoms with Gasteiger partial charge in [-0.1, -0.05) is 6.92 Å². The Morgan fingerprint density at radius 3 is 2.89 bits per heavy atom. The van der Waals surface area contributed by atoms with E-state index < -0.39 is 0 Å². The topological polar surface area (TPSA) is 85.3 Å². The first-order valence-electron chi connectivity index (χ1n) is 6.23. The number of rotatable bonds is 3. The van der Waals surface area contributed by atoms with Crippen LogP contribution in [-0.4, -0.2) is 22.0 Å². The van der Waals surface area contributed by atoms with Crippen molar-refractivity contribution in [2.75, 3.05) is 10.6 Å². The monoisotopic (exact) mass is 250 g/mol. The summed E-state index contributed by atoms with van der Waals surface area (Å²) in [6.07, 6.45) is 3.04. The highest BCUT2D eigenvalue weighted by Gasteiger charge is 2.34. The van der Waals surface area contributed by atoms with Crippen LogP contribution in [0, 0.1) is 10.1 Å². The van der Waals surface area contributed by atoms with Crippen molar-refractivity contribution in [2.45, 2.75) is 45.2 Å². The van der Waals surface area contributed by atoms with Crippen LogP contribution in [0.4, 0.5) is 17.3 Å². The molecule has 2 rings (SSSR count). The highest BCUT2D eigenvalue weighted by molar-refractivity contribution is 5.62. The van der Waals surface area contributed by atoms with E-state index in [4.69, 9.17) is 5.73 Å². The minimum Gasteiger partial charge on any atom is -0.384 e. The second-order valence-corrected chi connectivity index (χ2v) is 4.73. The van der Waals surface area contributed by atoms with Crippen molar-refractivity contribution >= 4 is 17.3 Å². The molecule has 0 amide bonds. The van der Waals surface area contributed by atoms with Crippen LogP contribution in [0.2, 0.25) is 0 Å². The third kappa shape index (κ3) is 2.10. The van der Waals surface area contributed by atoms with Crippen molar-refractivity contribution in [3.05, 3.63) is 22.2 Å². The summed E-state index contributed by atoms with van der Waals surface area (Å²) in [5.74, 6) is 0.737. The maximum absolute atomic E-state index is 11.1. The van der Waals surface area contributed by atoms with Crippen LogP contribution < -0.4 is 10.6 Å². The lowest BCUT2D eigenvalue weighted by atomic mass is 10.1. The maximum Gasteiger partial charge on any atom is 0.311 e. The molecule has 2 heterocycles. The van der Waals surface area contributed by atoms with E-state index in [1.54, 1.807) is 0 Å². The van der Waals surface area contributed by atoms with E-state index in [1.165, 1.54) is 12.1 Å². The van der Waals surface area contributed by atoms with Crippen molar-refractivity contribution in [3.8, 4) is 0 Å². The molecule has 0 aliphatic carbocycles. The Bertz CT molecular complexity index is 463. The average Bonchev–Trinajstić information content (AvgIpc) is 2.69. The predicted octanol–water partition coefficient (Wildman–Crippen LogP) is 2.34. The van der Waals surface area contributed by atoms with Gasteiger partial charge < -0.3 is 10.6 Å². The largest absolute Gasteiger partial charge is 0.384 e. The number of hydrogen-bond donors (Lipinski definition) is 1. The summed E-state index contributed by atoms with van der Waals surface area (Å²) in [7, 11) is 0. The van der Waals surface area contributed by atoms with Gasteiger partial charge in [-0.15, -0.1) is 0 Å². The molecule has 0 radical (unpaired) electrons. The molecular weight excluding hydrogens is 232 g/mol. The minimum atomic E-state index is -0.389. The van der Waals surface area contributed by atoms with Crippen molar-refractivity contribution < 1.29 is 4.92 Å². The van der Waals surface area contributed by atoms with Gasteiger partial charge in [0.05, 0.1) is 4.92 Å². The SMILES string of the molecule is CCC1CCC(C)N1c1nc(N)ccc1[N+](=O)[O-]. The van der Waals surface area contributed by atoms with Crippen LogP contribution in [0.5, 0.6) is 0 Å². The average molecular weight is 250 g/mol. The first kappa shape index (κ1) is 12.6. The molecule has 1 aliphatic rings. The highest BCUT2D eigenvalue weighted by atomic mass is 16.6. The van der Waals surface area contributed by atoms with Crippen LogP contribution in [0.15, 0.2) is 12.1 Å². The molecule has 1 aromatic rings. The Morgan fingerprint density at radius 2 is 2.28 bits per heavy atom. The molecule has 0 bridgehead atoms. The molecule has 1 aromatic heterocycles. The van der Waals surface area contributed by atoms with Crippen LogP contribution in [0.3, 0.4) is 0 Å². The lowest BCUT2D eigenvalue weighted by Crippen LogP contribution is -2.35. The standard InChI is InChI=1S/C12H18N4O2/c1-3-9-5-4-8(2)15(9)12-10(16(17)18)6-7-11(13)14-12/h6-9H,3-5H2,1-2H3,(H2,13,14). The Labute approximate surface area is 106 Å². The molecule has 2 atom stereocenters. The van der Waals surface area contributed by atoms with Crippen LogP contribution in [-0.2, 0) is 0 Å². The number of nitrogens with two attached hydrogens (primary N) is 1. The summed E-state index contributed by atoms with van der Waals surface area (Å²) in [6.45, 7) is 4.16. The molecule has 1 saturated heterocycles. The zero-order valence-electron chi connectivity index (χ0n) is 10.7. The highest BCUT2D eigenvalue weighted by Crippen LogP contribution is 2.36. The summed E-state index contributed by atoms with van der Waals surface area (Å²) in [5, 5.41) is 11.1. The van der Waals surface area contributed by atoms with Gasteiger partial charge in [0.2, 0.25) is 5.82 Å². The van der Waals surface area contributed by atoms with Crippen LogP contribution in [0.25, 0.3) is 0 Å². The Morgan fingerprint density at radius 1 is 1.56 bits per heavy atom. The van der Waals surface area contributed by atoms with Crippen molar-refractivity contribution in [1.29, 1.82) is 0 Å². The molecule has 0 saturated carbocycles. The number of pyridine rings is 1. The summed E-state index contributed by atoms with van der Waals surface area (Å²) in [6, 6.07) is 3.50. The van der Waals surface area contributed by atoms with E-state index in [9.17, 15) is 10.1 Å². The molecule has 0 aromatic carbocycles. The van der Waals surface area contributed by atoms with E-state index in [2.05, 4.69) is 23.7 Å². The van der Waals surface area contributed by atoms with E-state index in [-0.39, 0.29) is 16.7 Å². The molecule has 2 unspecified atom stereocenters. The van der Waals surface area contributed by atoms with Gasteiger partial charge in [-0.3, -0.25) is 10.1 Å². The summed E-state index contributed by atoms with van der Waals surface area (Å²) in [5.41, 5.74) is 5.71. The van der Waals surface area contributed by atoms with Gasteiger partial charge in [-0.2, -0.15) is 0 Å². The van der Waals surface area contributed by atoms with E-state index in [1.807, 2.05) is 0 Å². The Balaban J connectivity index is 2.48. The number of anilines is 2. The van der Waals surface area contributed by atoms with Crippen LogP contribution >= 0.6 is 0 Å². The molecule has 0 spiro atoms. The fourth-order valence-corrected chi connectivity index (χ4v) is 2.64. The second-order valence-electron chi connectivity index (χ2n) is 4.73. The molecule has 6 heteroatoms. The molecule has 6 nitrogen and oxygen atoms in total. The zero-order valence-corrected chi connectivity index (χ0v) is 10.7. The summed E-state index contributed by atoms with van der Waals surface area (Å²) >= 11 is 0. The van der Waals surface area contributed by atoms with Crippen molar-refractivity contribution in [1.82, 2.24) is 4.98 Å². The lowest BCUT2D eigenvalue weighted by molar-refractivity contribution is -0.384. The van der Waals surface area contributed by atoms with E-state index in [0.717, 1.165) is 19.3 Å². The van der Waals surface area contributed by atoms with Crippen molar-refractivity contribution in [2.24, 2.45) is 0 Å². The molecule has 1 aliphatic heterocycles. The smallest absolute Gasteiger partial charge is 0.311 e. The fourth-order valence-electron chi connectivity index (χ4n) is 2.64. The number of nitrogen functional groups attached to an aromatic ring is 1. The Kier molecular flexibility index (Phi) is 3.36.